The normalized spacial score (nSPS) is 10.4. The molecule has 0 aliphatic rings. The molecule has 0 saturated carbocycles. The summed E-state index contributed by atoms with van der Waals surface area (Å²) in [5, 5.41) is 2.79. The molecule has 0 aliphatic heterocycles. The summed E-state index contributed by atoms with van der Waals surface area (Å²) < 4.78 is 13.3. The predicted molar refractivity (Wildman–Crippen MR) is 84.6 cm³/mol. The Kier molecular flexibility index (Phi) is 5.34. The van der Waals surface area contributed by atoms with E-state index in [4.69, 9.17) is 11.6 Å². The predicted octanol–water partition coefficient (Wildman–Crippen LogP) is 4.56. The minimum atomic E-state index is -0.406. The quantitative estimate of drug-likeness (QED) is 0.806. The lowest BCUT2D eigenvalue weighted by Gasteiger charge is -2.08. The van der Waals surface area contributed by atoms with Crippen LogP contribution in [-0.2, 0) is 6.42 Å². The fourth-order valence-electron chi connectivity index (χ4n) is 2.15. The molecule has 0 atom stereocenters. The summed E-state index contributed by atoms with van der Waals surface area (Å²) in [4.78, 5) is 12.1. The first-order valence-corrected chi connectivity index (χ1v) is 7.35. The molecule has 0 heterocycles. The van der Waals surface area contributed by atoms with Crippen LogP contribution in [0.1, 0.15) is 27.9 Å². The monoisotopic (exact) mass is 305 g/mol. The Morgan fingerprint density at radius 1 is 1.24 bits per heavy atom. The van der Waals surface area contributed by atoms with E-state index in [2.05, 4.69) is 5.32 Å². The SMILES string of the molecule is Cc1cc(F)cc(C(=O)Nc2cccc(CCCCl)c2)c1. The maximum atomic E-state index is 13.3. The van der Waals surface area contributed by atoms with Gasteiger partial charge in [0.05, 0.1) is 0 Å². The Hall–Kier alpha value is -1.87. The van der Waals surface area contributed by atoms with Crippen molar-refractivity contribution in [3.8, 4) is 0 Å². The van der Waals surface area contributed by atoms with Crippen molar-refractivity contribution in [2.75, 3.05) is 11.2 Å². The summed E-state index contributed by atoms with van der Waals surface area (Å²) in [7, 11) is 0. The molecule has 0 saturated heterocycles. The number of carbonyl (C=O) groups excluding carboxylic acids is 1. The molecule has 0 unspecified atom stereocenters. The van der Waals surface area contributed by atoms with Gasteiger partial charge >= 0.3 is 0 Å². The second-order valence-electron chi connectivity index (χ2n) is 4.96. The molecule has 0 radical (unpaired) electrons. The molecule has 21 heavy (non-hydrogen) atoms. The van der Waals surface area contributed by atoms with E-state index in [9.17, 15) is 9.18 Å². The molecule has 2 nitrogen and oxygen atoms in total. The molecule has 110 valence electrons. The fraction of sp³-hybridized carbons (Fsp3) is 0.235. The van der Waals surface area contributed by atoms with E-state index in [1.807, 2.05) is 24.3 Å². The van der Waals surface area contributed by atoms with Gasteiger partial charge in [-0.15, -0.1) is 11.6 Å². The van der Waals surface area contributed by atoms with Crippen molar-refractivity contribution in [1.82, 2.24) is 0 Å². The van der Waals surface area contributed by atoms with Gasteiger partial charge in [-0.2, -0.15) is 0 Å². The molecule has 0 spiro atoms. The molecule has 4 heteroatoms. The summed E-state index contributed by atoms with van der Waals surface area (Å²) in [5.41, 5.74) is 2.85. The number of rotatable bonds is 5. The van der Waals surface area contributed by atoms with Crippen molar-refractivity contribution in [1.29, 1.82) is 0 Å². The smallest absolute Gasteiger partial charge is 0.255 e. The van der Waals surface area contributed by atoms with Gasteiger partial charge in [0.15, 0.2) is 0 Å². The van der Waals surface area contributed by atoms with Crippen LogP contribution < -0.4 is 5.32 Å². The maximum Gasteiger partial charge on any atom is 0.255 e. The van der Waals surface area contributed by atoms with Crippen LogP contribution in [0.3, 0.4) is 0 Å². The zero-order chi connectivity index (χ0) is 15.2. The Bertz CT molecular complexity index is 622. The number of hydrogen-bond acceptors (Lipinski definition) is 1. The number of anilines is 1. The van der Waals surface area contributed by atoms with Crippen molar-refractivity contribution in [3.05, 3.63) is 65.0 Å². The number of nitrogens with one attached hydrogen (secondary N) is 1. The van der Waals surface area contributed by atoms with Gasteiger partial charge in [0.25, 0.3) is 5.91 Å². The summed E-state index contributed by atoms with van der Waals surface area (Å²) in [5.74, 6) is -0.109. The highest BCUT2D eigenvalue weighted by Gasteiger charge is 2.08. The lowest BCUT2D eigenvalue weighted by atomic mass is 10.1. The molecular formula is C17H17ClFNO. The van der Waals surface area contributed by atoms with Crippen LogP contribution in [0.5, 0.6) is 0 Å². The third kappa shape index (κ3) is 4.57. The number of amides is 1. The number of hydrogen-bond donors (Lipinski definition) is 1. The van der Waals surface area contributed by atoms with Gasteiger partial charge < -0.3 is 5.32 Å². The number of alkyl halides is 1. The van der Waals surface area contributed by atoms with Gasteiger partial charge in [-0.3, -0.25) is 4.79 Å². The second-order valence-corrected chi connectivity index (χ2v) is 5.34. The highest BCUT2D eigenvalue weighted by Crippen LogP contribution is 2.15. The largest absolute Gasteiger partial charge is 0.322 e. The lowest BCUT2D eigenvalue weighted by Crippen LogP contribution is -2.12. The number of halogens is 2. The minimum Gasteiger partial charge on any atom is -0.322 e. The molecule has 1 N–H and O–H groups in total. The van der Waals surface area contributed by atoms with E-state index in [-0.39, 0.29) is 5.91 Å². The average molecular weight is 306 g/mol. The number of benzene rings is 2. The van der Waals surface area contributed by atoms with E-state index in [0.29, 0.717) is 17.1 Å². The van der Waals surface area contributed by atoms with Crippen LogP contribution in [0, 0.1) is 12.7 Å². The third-order valence-corrected chi connectivity index (χ3v) is 3.36. The Balaban J connectivity index is 2.11. The first-order valence-electron chi connectivity index (χ1n) is 6.82. The van der Waals surface area contributed by atoms with E-state index in [1.54, 1.807) is 13.0 Å². The van der Waals surface area contributed by atoms with Gasteiger partial charge in [0.1, 0.15) is 5.82 Å². The molecule has 0 aliphatic carbocycles. The first-order chi connectivity index (χ1) is 10.1. The molecule has 0 aromatic heterocycles. The van der Waals surface area contributed by atoms with Gasteiger partial charge in [-0.1, -0.05) is 12.1 Å². The molecule has 0 bridgehead atoms. The van der Waals surface area contributed by atoms with Crippen LogP contribution in [0.4, 0.5) is 10.1 Å². The highest BCUT2D eigenvalue weighted by atomic mass is 35.5. The van der Waals surface area contributed by atoms with Crippen LogP contribution >= 0.6 is 11.6 Å². The summed E-state index contributed by atoms with van der Waals surface area (Å²) in [6.07, 6.45) is 1.76. The zero-order valence-corrected chi connectivity index (χ0v) is 12.6. The molecular weight excluding hydrogens is 289 g/mol. The number of aryl methyl sites for hydroxylation is 2. The van der Waals surface area contributed by atoms with E-state index in [1.165, 1.54) is 12.1 Å². The Morgan fingerprint density at radius 2 is 2.05 bits per heavy atom. The second kappa shape index (κ2) is 7.23. The summed E-state index contributed by atoms with van der Waals surface area (Å²) in [6, 6.07) is 11.9. The summed E-state index contributed by atoms with van der Waals surface area (Å²) >= 11 is 5.68. The van der Waals surface area contributed by atoms with Crippen molar-refractivity contribution in [3.63, 3.8) is 0 Å². The maximum absolute atomic E-state index is 13.3. The molecule has 0 fully saturated rings. The first kappa shape index (κ1) is 15.5. The fourth-order valence-corrected chi connectivity index (χ4v) is 2.28. The van der Waals surface area contributed by atoms with Crippen molar-refractivity contribution < 1.29 is 9.18 Å². The Labute approximate surface area is 128 Å². The van der Waals surface area contributed by atoms with E-state index < -0.39 is 5.82 Å². The molecule has 2 aromatic carbocycles. The van der Waals surface area contributed by atoms with Gasteiger partial charge in [-0.25, -0.2) is 4.39 Å². The summed E-state index contributed by atoms with van der Waals surface area (Å²) in [6.45, 7) is 1.76. The van der Waals surface area contributed by atoms with Crippen molar-refractivity contribution >= 4 is 23.2 Å². The van der Waals surface area contributed by atoms with Crippen LogP contribution in [0.15, 0.2) is 42.5 Å². The van der Waals surface area contributed by atoms with Crippen LogP contribution in [-0.4, -0.2) is 11.8 Å². The standard InChI is InChI=1S/C17H17ClFNO/c1-12-8-14(11-15(19)9-12)17(21)20-16-6-2-4-13(10-16)5-3-7-18/h2,4,6,8-11H,3,5,7H2,1H3,(H,20,21). The Morgan fingerprint density at radius 3 is 2.76 bits per heavy atom. The van der Waals surface area contributed by atoms with Crippen molar-refractivity contribution in [2.45, 2.75) is 19.8 Å². The van der Waals surface area contributed by atoms with Crippen molar-refractivity contribution in [2.24, 2.45) is 0 Å². The van der Waals surface area contributed by atoms with Crippen LogP contribution in [0.2, 0.25) is 0 Å². The van der Waals surface area contributed by atoms with E-state index >= 15 is 0 Å². The average Bonchev–Trinajstić information content (AvgIpc) is 2.44. The molecule has 1 amide bonds. The molecule has 2 rings (SSSR count). The van der Waals surface area contributed by atoms with E-state index in [0.717, 1.165) is 24.0 Å². The van der Waals surface area contributed by atoms with Gasteiger partial charge in [0, 0.05) is 17.1 Å². The zero-order valence-electron chi connectivity index (χ0n) is 11.8. The highest BCUT2D eigenvalue weighted by molar-refractivity contribution is 6.17. The lowest BCUT2D eigenvalue weighted by molar-refractivity contribution is 0.102. The third-order valence-electron chi connectivity index (χ3n) is 3.09. The van der Waals surface area contributed by atoms with Gasteiger partial charge in [0.2, 0.25) is 0 Å². The minimum absolute atomic E-state index is 0.313. The van der Waals surface area contributed by atoms with Crippen LogP contribution in [0.25, 0.3) is 0 Å². The van der Waals surface area contributed by atoms with Gasteiger partial charge in [-0.05, 0) is 61.2 Å². The number of carbonyl (C=O) groups is 1. The topological polar surface area (TPSA) is 29.1 Å². The molecule has 2 aromatic rings.